The van der Waals surface area contributed by atoms with Gasteiger partial charge in [0.1, 0.15) is 5.52 Å². The quantitative estimate of drug-likeness (QED) is 0.255. The Hall–Kier alpha value is -2.30. The summed E-state index contributed by atoms with van der Waals surface area (Å²) in [5.74, 6) is 0.117. The van der Waals surface area contributed by atoms with Gasteiger partial charge >= 0.3 is 12.4 Å². The van der Waals surface area contributed by atoms with Gasteiger partial charge < -0.3 is 9.51 Å². The van der Waals surface area contributed by atoms with Crippen molar-refractivity contribution in [1.82, 2.24) is 15.1 Å². The van der Waals surface area contributed by atoms with Crippen LogP contribution in [-0.4, -0.2) is 44.7 Å². The minimum absolute atomic E-state index is 0. The Kier molecular flexibility index (Phi) is 6.51. The van der Waals surface area contributed by atoms with E-state index < -0.39 is 29.0 Å². The maximum Gasteiger partial charge on any atom is 0.418 e. The van der Waals surface area contributed by atoms with Gasteiger partial charge in [-0.25, -0.2) is 4.98 Å². The molecule has 0 aliphatic heterocycles. The summed E-state index contributed by atoms with van der Waals surface area (Å²) in [7, 11) is 0. The van der Waals surface area contributed by atoms with Crippen LogP contribution in [0.4, 0.5) is 26.3 Å². The van der Waals surface area contributed by atoms with Gasteiger partial charge in [0.2, 0.25) is 5.76 Å². The van der Waals surface area contributed by atoms with E-state index in [1.165, 1.54) is 18.2 Å². The Morgan fingerprint density at radius 3 is 2.06 bits per heavy atom. The number of aromatic nitrogens is 3. The van der Waals surface area contributed by atoms with Crippen LogP contribution in [0.25, 0.3) is 33.7 Å². The van der Waals surface area contributed by atoms with Crippen LogP contribution >= 0.6 is 0 Å². The number of hydrogen-bond donors (Lipinski definition) is 1. The first-order chi connectivity index (χ1) is 14.7. The molecule has 0 aliphatic rings. The van der Waals surface area contributed by atoms with E-state index in [2.05, 4.69) is 15.1 Å². The zero-order valence-electron chi connectivity index (χ0n) is 18.1. The van der Waals surface area contributed by atoms with E-state index in [1.807, 2.05) is 20.8 Å². The number of aromatic amines is 1. The van der Waals surface area contributed by atoms with Crippen molar-refractivity contribution in [3.8, 4) is 22.7 Å². The third-order valence-corrected chi connectivity index (χ3v) is 4.95. The molecule has 4 rings (SSSR count). The zero-order valence-corrected chi connectivity index (χ0v) is 20.1. The van der Waals surface area contributed by atoms with Crippen molar-refractivity contribution >= 4 is 40.6 Å². The van der Waals surface area contributed by atoms with E-state index in [9.17, 15) is 26.3 Å². The van der Waals surface area contributed by atoms with Crippen LogP contribution < -0.4 is 0 Å². The van der Waals surface area contributed by atoms with Crippen molar-refractivity contribution in [1.29, 1.82) is 0 Å². The average Bonchev–Trinajstić information content (AvgIpc) is 3.32. The fourth-order valence-corrected chi connectivity index (χ4v) is 3.33. The van der Waals surface area contributed by atoms with Crippen LogP contribution in [0, 0.1) is 0 Å². The molecule has 0 aliphatic carbocycles. The van der Waals surface area contributed by atoms with E-state index in [-0.39, 0.29) is 63.2 Å². The SMILES string of the molecule is CC(C)(C)c1cc(-c2nc3c(C(F)(F)F)cc(-c4ccccc4C(F)(F)F)cc3[nH]2)on1.[Na]. The number of alkyl halides is 6. The van der Waals surface area contributed by atoms with Crippen molar-refractivity contribution in [2.45, 2.75) is 38.5 Å². The topological polar surface area (TPSA) is 54.7 Å². The summed E-state index contributed by atoms with van der Waals surface area (Å²) in [6, 6.07) is 7.93. The molecule has 0 saturated carbocycles. The van der Waals surface area contributed by atoms with Gasteiger partial charge in [-0.05, 0) is 29.3 Å². The summed E-state index contributed by atoms with van der Waals surface area (Å²) in [5.41, 5.74) is -3.07. The second-order valence-corrected chi connectivity index (χ2v) is 8.37. The Morgan fingerprint density at radius 2 is 1.48 bits per heavy atom. The molecule has 4 aromatic rings. The van der Waals surface area contributed by atoms with Gasteiger partial charge in [0, 0.05) is 41.0 Å². The van der Waals surface area contributed by atoms with Crippen LogP contribution in [0.15, 0.2) is 47.0 Å². The van der Waals surface area contributed by atoms with E-state index in [0.29, 0.717) is 11.8 Å². The normalized spacial score (nSPS) is 12.8. The van der Waals surface area contributed by atoms with Gasteiger partial charge in [-0.3, -0.25) is 0 Å². The molecule has 33 heavy (non-hydrogen) atoms. The van der Waals surface area contributed by atoms with Crippen LogP contribution in [0.3, 0.4) is 0 Å². The molecule has 2 aromatic heterocycles. The number of hydrogen-bond acceptors (Lipinski definition) is 3. The third kappa shape index (κ3) is 4.97. The molecule has 0 spiro atoms. The van der Waals surface area contributed by atoms with Crippen LogP contribution in [0.2, 0.25) is 0 Å². The van der Waals surface area contributed by atoms with Crippen molar-refractivity contribution in [2.75, 3.05) is 0 Å². The summed E-state index contributed by atoms with van der Waals surface area (Å²) in [6.45, 7) is 5.66. The first-order valence-electron chi connectivity index (χ1n) is 9.50. The van der Waals surface area contributed by atoms with Gasteiger partial charge in [-0.15, -0.1) is 0 Å². The third-order valence-electron chi connectivity index (χ3n) is 4.95. The van der Waals surface area contributed by atoms with E-state index in [1.54, 1.807) is 6.07 Å². The number of fused-ring (bicyclic) bond motifs is 1. The minimum Gasteiger partial charge on any atom is -0.353 e. The summed E-state index contributed by atoms with van der Waals surface area (Å²) in [4.78, 5) is 6.75. The molecule has 0 atom stereocenters. The molecule has 11 heteroatoms. The van der Waals surface area contributed by atoms with Gasteiger partial charge in [0.15, 0.2) is 5.82 Å². The number of nitrogens with one attached hydrogen (secondary N) is 1. The molecule has 1 N–H and O–H groups in total. The van der Waals surface area contributed by atoms with Gasteiger partial charge in [0.05, 0.1) is 22.3 Å². The molecule has 4 nitrogen and oxygen atoms in total. The molecular weight excluding hydrogens is 459 g/mol. The first-order valence-corrected chi connectivity index (χ1v) is 9.50. The second kappa shape index (κ2) is 8.48. The maximum absolute atomic E-state index is 13.8. The second-order valence-electron chi connectivity index (χ2n) is 8.37. The van der Waals surface area contributed by atoms with E-state index >= 15 is 0 Å². The Bertz CT molecular complexity index is 1300. The smallest absolute Gasteiger partial charge is 0.353 e. The molecule has 0 unspecified atom stereocenters. The number of nitrogens with zero attached hydrogens (tertiary/aromatic N) is 2. The largest absolute Gasteiger partial charge is 0.418 e. The Labute approximate surface area is 206 Å². The fraction of sp³-hybridized carbons (Fsp3) is 0.273. The number of benzene rings is 2. The molecule has 169 valence electrons. The van der Waals surface area contributed by atoms with Gasteiger partial charge in [-0.1, -0.05) is 44.1 Å². The monoisotopic (exact) mass is 476 g/mol. The average molecular weight is 476 g/mol. The molecule has 0 amide bonds. The van der Waals surface area contributed by atoms with Crippen LogP contribution in [0.5, 0.6) is 0 Å². The summed E-state index contributed by atoms with van der Waals surface area (Å²) in [5, 5.41) is 3.93. The Balaban J connectivity index is 0.00000306. The first kappa shape index (κ1) is 25.3. The number of halogens is 6. The van der Waals surface area contributed by atoms with Crippen LogP contribution in [0.1, 0.15) is 37.6 Å². The summed E-state index contributed by atoms with van der Waals surface area (Å²) in [6.07, 6.45) is -9.57. The minimum atomic E-state index is -4.84. The van der Waals surface area contributed by atoms with Crippen molar-refractivity contribution in [3.63, 3.8) is 0 Å². The number of imidazole rings is 1. The van der Waals surface area contributed by atoms with E-state index in [4.69, 9.17) is 4.52 Å². The predicted octanol–water partition coefficient (Wildman–Crippen LogP) is 6.84. The number of H-pyrrole nitrogens is 1. The molecule has 1 radical (unpaired) electrons. The fourth-order valence-electron chi connectivity index (χ4n) is 3.33. The van der Waals surface area contributed by atoms with Crippen molar-refractivity contribution in [2.24, 2.45) is 0 Å². The van der Waals surface area contributed by atoms with Crippen LogP contribution in [-0.2, 0) is 17.8 Å². The summed E-state index contributed by atoms with van der Waals surface area (Å²) < 4.78 is 87.0. The molecular formula is C22H17F6N3NaO. The Morgan fingerprint density at radius 1 is 0.848 bits per heavy atom. The molecule has 0 saturated heterocycles. The van der Waals surface area contributed by atoms with Gasteiger partial charge in [0.25, 0.3) is 0 Å². The molecule has 0 fully saturated rings. The van der Waals surface area contributed by atoms with Crippen molar-refractivity contribution < 1.29 is 30.9 Å². The zero-order chi connectivity index (χ0) is 23.5. The van der Waals surface area contributed by atoms with Crippen molar-refractivity contribution in [3.05, 3.63) is 59.3 Å². The van der Waals surface area contributed by atoms with E-state index in [0.717, 1.165) is 12.1 Å². The standard InChI is InChI=1S/C22H17F6N3O.Na/c1-20(2,3)17-10-16(32-31-17)19-29-15-9-11(8-14(18(15)30-19)22(26,27)28)12-6-4-5-7-13(12)21(23,24)25;/h4-10H,1-3H3,(H,29,30);. The molecule has 2 heterocycles. The number of rotatable bonds is 2. The molecule has 2 aromatic carbocycles. The predicted molar refractivity (Wildman–Crippen MR) is 111 cm³/mol. The summed E-state index contributed by atoms with van der Waals surface area (Å²) >= 11 is 0. The maximum atomic E-state index is 13.8. The molecule has 0 bridgehead atoms. The van der Waals surface area contributed by atoms with Gasteiger partial charge in [-0.2, -0.15) is 26.3 Å².